The van der Waals surface area contributed by atoms with Gasteiger partial charge in [0.15, 0.2) is 5.82 Å². The van der Waals surface area contributed by atoms with Crippen LogP contribution in [0.3, 0.4) is 0 Å². The third-order valence-electron chi connectivity index (χ3n) is 5.73. The van der Waals surface area contributed by atoms with Crippen LogP contribution < -0.4 is 4.90 Å². The lowest BCUT2D eigenvalue weighted by Crippen LogP contribution is -2.46. The van der Waals surface area contributed by atoms with Crippen LogP contribution >= 0.6 is 0 Å². The Morgan fingerprint density at radius 3 is 2.55 bits per heavy atom. The highest BCUT2D eigenvalue weighted by Crippen LogP contribution is 2.30. The van der Waals surface area contributed by atoms with Crippen molar-refractivity contribution in [2.75, 3.05) is 18.0 Å². The zero-order valence-corrected chi connectivity index (χ0v) is 17.7. The maximum Gasteiger partial charge on any atom is 0.226 e. The Labute approximate surface area is 190 Å². The first-order valence-electron chi connectivity index (χ1n) is 10.7. The predicted octanol–water partition coefficient (Wildman–Crippen LogP) is 3.74. The van der Waals surface area contributed by atoms with Crippen LogP contribution in [0.4, 0.5) is 5.95 Å². The molecule has 0 radical (unpaired) electrons. The van der Waals surface area contributed by atoms with Crippen LogP contribution in [0.25, 0.3) is 22.4 Å². The van der Waals surface area contributed by atoms with Crippen molar-refractivity contribution in [1.82, 2.24) is 29.7 Å². The first kappa shape index (κ1) is 19.1. The van der Waals surface area contributed by atoms with Gasteiger partial charge in [-0.25, -0.2) is 19.9 Å². The largest absolute Gasteiger partial charge is 0.339 e. The average molecular weight is 429 g/mol. The van der Waals surface area contributed by atoms with Crippen LogP contribution in [-0.2, 0) is 0 Å². The summed E-state index contributed by atoms with van der Waals surface area (Å²) in [5, 5.41) is 5.38. The van der Waals surface area contributed by atoms with Crippen molar-refractivity contribution in [2.45, 2.75) is 5.92 Å². The van der Waals surface area contributed by atoms with Crippen molar-refractivity contribution >= 4 is 16.9 Å². The van der Waals surface area contributed by atoms with E-state index < -0.39 is 0 Å². The summed E-state index contributed by atoms with van der Waals surface area (Å²) in [5.74, 6) is 4.81. The maximum atomic E-state index is 4.71. The molecule has 158 valence electrons. The predicted molar refractivity (Wildman–Crippen MR) is 126 cm³/mol. The van der Waals surface area contributed by atoms with Crippen LogP contribution in [-0.4, -0.2) is 42.8 Å². The highest BCUT2D eigenvalue weighted by molar-refractivity contribution is 5.79. The number of benzene rings is 2. The van der Waals surface area contributed by atoms with Crippen LogP contribution in [0, 0.1) is 12.0 Å². The van der Waals surface area contributed by atoms with E-state index in [9.17, 15) is 0 Å². The van der Waals surface area contributed by atoms with E-state index in [0.717, 1.165) is 24.0 Å². The second-order valence-corrected chi connectivity index (χ2v) is 7.87. The van der Waals surface area contributed by atoms with Gasteiger partial charge in [0.25, 0.3) is 0 Å². The number of rotatable bonds is 3. The van der Waals surface area contributed by atoms with E-state index in [1.54, 1.807) is 29.3 Å². The Balaban J connectivity index is 1.22. The van der Waals surface area contributed by atoms with E-state index in [2.05, 4.69) is 61.2 Å². The number of aromatic nitrogens is 6. The Kier molecular flexibility index (Phi) is 4.74. The van der Waals surface area contributed by atoms with E-state index in [1.807, 2.05) is 36.4 Å². The molecule has 0 saturated carbocycles. The van der Waals surface area contributed by atoms with Crippen molar-refractivity contribution in [2.24, 2.45) is 0 Å². The summed E-state index contributed by atoms with van der Waals surface area (Å²) in [7, 11) is 0. The van der Waals surface area contributed by atoms with Crippen molar-refractivity contribution in [1.29, 1.82) is 0 Å². The second-order valence-electron chi connectivity index (χ2n) is 7.87. The molecule has 1 aliphatic heterocycles. The Hall–Kier alpha value is -4.57. The molecule has 0 atom stereocenters. The molecule has 1 saturated heterocycles. The summed E-state index contributed by atoms with van der Waals surface area (Å²) in [4.78, 5) is 20.3. The number of nitrogens with zero attached hydrogens (tertiary/aromatic N) is 7. The van der Waals surface area contributed by atoms with Gasteiger partial charge in [-0.05, 0) is 29.7 Å². The van der Waals surface area contributed by atoms with Gasteiger partial charge < -0.3 is 4.90 Å². The number of hydrogen-bond acceptors (Lipinski definition) is 6. The van der Waals surface area contributed by atoms with Gasteiger partial charge in [-0.2, -0.15) is 9.78 Å². The van der Waals surface area contributed by atoms with E-state index in [-0.39, 0.29) is 0 Å². The summed E-state index contributed by atoms with van der Waals surface area (Å²) in [6.45, 7) is 1.80. The molecule has 4 heterocycles. The number of hydrogen-bond donors (Lipinski definition) is 0. The SMILES string of the molecule is C(#Cn1ncc2ccccc21)c1ccnc(-c2ccnc(N3CC(c4ccccc4)C3)n2)n1. The Bertz CT molecular complexity index is 1490. The van der Waals surface area contributed by atoms with Gasteiger partial charge in [0.2, 0.25) is 5.95 Å². The molecule has 1 fully saturated rings. The summed E-state index contributed by atoms with van der Waals surface area (Å²) < 4.78 is 1.66. The molecule has 33 heavy (non-hydrogen) atoms. The van der Waals surface area contributed by atoms with Crippen molar-refractivity contribution in [3.05, 3.63) is 96.6 Å². The van der Waals surface area contributed by atoms with Crippen LogP contribution in [0.1, 0.15) is 17.2 Å². The lowest BCUT2D eigenvalue weighted by atomic mass is 9.92. The van der Waals surface area contributed by atoms with Gasteiger partial charge >= 0.3 is 0 Å². The minimum Gasteiger partial charge on any atom is -0.339 e. The number of para-hydroxylation sites is 1. The van der Waals surface area contributed by atoms with Gasteiger partial charge in [-0.3, -0.25) is 0 Å². The monoisotopic (exact) mass is 429 g/mol. The number of anilines is 1. The van der Waals surface area contributed by atoms with Gasteiger partial charge in [0.1, 0.15) is 11.4 Å². The summed E-state index contributed by atoms with van der Waals surface area (Å²) >= 11 is 0. The van der Waals surface area contributed by atoms with E-state index in [0.29, 0.717) is 29.1 Å². The third-order valence-corrected chi connectivity index (χ3v) is 5.73. The summed E-state index contributed by atoms with van der Waals surface area (Å²) in [5.41, 5.74) is 3.59. The highest BCUT2D eigenvalue weighted by Gasteiger charge is 2.30. The first-order chi connectivity index (χ1) is 16.3. The zero-order valence-electron chi connectivity index (χ0n) is 17.7. The quantitative estimate of drug-likeness (QED) is 0.407. The lowest BCUT2D eigenvalue weighted by Gasteiger charge is -2.39. The number of fused-ring (bicyclic) bond motifs is 1. The van der Waals surface area contributed by atoms with Gasteiger partial charge in [0.05, 0.1) is 11.7 Å². The van der Waals surface area contributed by atoms with Crippen molar-refractivity contribution < 1.29 is 0 Å². The molecular formula is C26H19N7. The molecule has 3 aromatic heterocycles. The molecule has 7 nitrogen and oxygen atoms in total. The fourth-order valence-electron chi connectivity index (χ4n) is 3.93. The topological polar surface area (TPSA) is 72.6 Å². The maximum absolute atomic E-state index is 4.71. The fraction of sp³-hybridized carbons (Fsp3) is 0.115. The fourth-order valence-corrected chi connectivity index (χ4v) is 3.93. The normalized spacial score (nSPS) is 13.4. The van der Waals surface area contributed by atoms with Gasteiger partial charge in [-0.15, -0.1) is 0 Å². The zero-order chi connectivity index (χ0) is 22.0. The molecule has 0 N–H and O–H groups in total. The molecule has 0 spiro atoms. The molecule has 0 unspecified atom stereocenters. The van der Waals surface area contributed by atoms with Crippen LogP contribution in [0.5, 0.6) is 0 Å². The van der Waals surface area contributed by atoms with E-state index in [1.165, 1.54) is 5.56 Å². The Morgan fingerprint density at radius 1 is 0.818 bits per heavy atom. The van der Waals surface area contributed by atoms with Crippen LogP contribution in [0.15, 0.2) is 85.3 Å². The molecule has 0 aliphatic carbocycles. The molecule has 7 heteroatoms. The molecule has 0 amide bonds. The summed E-state index contributed by atoms with van der Waals surface area (Å²) in [6.07, 6.45) is 5.26. The smallest absolute Gasteiger partial charge is 0.226 e. The molecule has 6 rings (SSSR count). The lowest BCUT2D eigenvalue weighted by molar-refractivity contribution is 0.514. The standard InChI is InChI=1S/C26H19N7/c1-2-6-19(7-3-1)21-17-32(18-21)26-28-14-11-23(31-26)25-27-13-10-22(30-25)12-15-33-24-9-5-4-8-20(24)16-29-33/h1-11,13-14,16,21H,17-18H2. The minimum atomic E-state index is 0.506. The average Bonchev–Trinajstić information content (AvgIpc) is 3.26. The molecule has 0 bridgehead atoms. The van der Waals surface area contributed by atoms with E-state index >= 15 is 0 Å². The summed E-state index contributed by atoms with van der Waals surface area (Å²) in [6, 6.07) is 25.2. The van der Waals surface area contributed by atoms with Crippen LogP contribution in [0.2, 0.25) is 0 Å². The Morgan fingerprint density at radius 2 is 1.64 bits per heavy atom. The van der Waals surface area contributed by atoms with Crippen molar-refractivity contribution in [3.8, 4) is 23.5 Å². The van der Waals surface area contributed by atoms with Gasteiger partial charge in [-0.1, -0.05) is 48.5 Å². The molecule has 2 aromatic carbocycles. The van der Waals surface area contributed by atoms with Gasteiger partial charge in [0, 0.05) is 42.8 Å². The third kappa shape index (κ3) is 3.79. The van der Waals surface area contributed by atoms with Crippen molar-refractivity contribution in [3.63, 3.8) is 0 Å². The highest BCUT2D eigenvalue weighted by atomic mass is 15.3. The van der Waals surface area contributed by atoms with E-state index in [4.69, 9.17) is 4.98 Å². The second kappa shape index (κ2) is 8.17. The molecular weight excluding hydrogens is 410 g/mol. The minimum absolute atomic E-state index is 0.506. The molecule has 5 aromatic rings. The first-order valence-corrected chi connectivity index (χ1v) is 10.7. The molecule has 1 aliphatic rings.